The summed E-state index contributed by atoms with van der Waals surface area (Å²) in [6.45, 7) is 4.18. The van der Waals surface area contributed by atoms with Crippen molar-refractivity contribution in [3.05, 3.63) is 39.7 Å². The Morgan fingerprint density at radius 1 is 1.31 bits per heavy atom. The maximum atomic E-state index is 4.18. The third kappa shape index (κ3) is 1.97. The van der Waals surface area contributed by atoms with E-state index in [1.165, 1.54) is 27.9 Å². The van der Waals surface area contributed by atoms with Gasteiger partial charge in [0.2, 0.25) is 0 Å². The Balaban J connectivity index is 2.34. The smallest absolute Gasteiger partial charge is 0.0210 e. The highest BCUT2D eigenvalue weighted by Gasteiger charge is 2.21. The SMILES string of the molecule is C=C1CCCP1c1ccccc1I. The summed E-state index contributed by atoms with van der Waals surface area (Å²) >= 11 is 2.44. The van der Waals surface area contributed by atoms with Crippen molar-refractivity contribution in [2.24, 2.45) is 0 Å². The molecule has 0 spiro atoms. The predicted molar refractivity (Wildman–Crippen MR) is 69.0 cm³/mol. The minimum absolute atomic E-state index is 0.0242. The zero-order valence-electron chi connectivity index (χ0n) is 7.46. The zero-order chi connectivity index (χ0) is 9.26. The number of hydrogen-bond acceptors (Lipinski definition) is 0. The minimum Gasteiger partial charge on any atom is -0.0950 e. The summed E-state index contributed by atoms with van der Waals surface area (Å²) in [6, 6.07) is 8.72. The van der Waals surface area contributed by atoms with Crippen molar-refractivity contribution >= 4 is 35.8 Å². The van der Waals surface area contributed by atoms with Crippen LogP contribution in [0.5, 0.6) is 0 Å². The van der Waals surface area contributed by atoms with Gasteiger partial charge in [0.25, 0.3) is 0 Å². The van der Waals surface area contributed by atoms with E-state index in [0.717, 1.165) is 0 Å². The quantitative estimate of drug-likeness (QED) is 0.548. The molecule has 1 heterocycles. The van der Waals surface area contributed by atoms with Crippen LogP contribution in [-0.4, -0.2) is 6.16 Å². The van der Waals surface area contributed by atoms with Gasteiger partial charge in [0.1, 0.15) is 0 Å². The number of benzene rings is 1. The highest BCUT2D eigenvalue weighted by atomic mass is 127. The molecule has 0 radical (unpaired) electrons. The lowest BCUT2D eigenvalue weighted by molar-refractivity contribution is 0.997. The highest BCUT2D eigenvalue weighted by Crippen LogP contribution is 2.51. The van der Waals surface area contributed by atoms with Gasteiger partial charge in [0, 0.05) is 3.57 Å². The van der Waals surface area contributed by atoms with Crippen molar-refractivity contribution in [1.82, 2.24) is 0 Å². The molecular formula is C11H12IP. The van der Waals surface area contributed by atoms with Crippen LogP contribution >= 0.6 is 30.5 Å². The molecule has 13 heavy (non-hydrogen) atoms. The third-order valence-electron chi connectivity index (χ3n) is 2.37. The summed E-state index contributed by atoms with van der Waals surface area (Å²) in [4.78, 5) is 0. The highest BCUT2D eigenvalue weighted by molar-refractivity contribution is 14.1. The summed E-state index contributed by atoms with van der Waals surface area (Å²) in [7, 11) is -0.0242. The van der Waals surface area contributed by atoms with Gasteiger partial charge in [-0.3, -0.25) is 0 Å². The Labute approximate surface area is 94.3 Å². The van der Waals surface area contributed by atoms with Gasteiger partial charge in [0.15, 0.2) is 0 Å². The van der Waals surface area contributed by atoms with Crippen LogP contribution in [0.1, 0.15) is 12.8 Å². The van der Waals surface area contributed by atoms with Crippen molar-refractivity contribution in [2.45, 2.75) is 12.8 Å². The average molecular weight is 302 g/mol. The second kappa shape index (κ2) is 4.10. The van der Waals surface area contributed by atoms with E-state index in [1.807, 2.05) is 0 Å². The molecule has 1 aromatic rings. The van der Waals surface area contributed by atoms with Crippen LogP contribution in [0.2, 0.25) is 0 Å². The van der Waals surface area contributed by atoms with Gasteiger partial charge < -0.3 is 0 Å². The molecule has 1 fully saturated rings. The molecule has 1 aromatic carbocycles. The van der Waals surface area contributed by atoms with Crippen LogP contribution in [-0.2, 0) is 0 Å². The van der Waals surface area contributed by atoms with Crippen molar-refractivity contribution in [1.29, 1.82) is 0 Å². The molecule has 2 heteroatoms. The van der Waals surface area contributed by atoms with Crippen LogP contribution in [0.25, 0.3) is 0 Å². The second-order valence-electron chi connectivity index (χ2n) is 3.27. The number of hydrogen-bond donors (Lipinski definition) is 0. The molecule has 0 aromatic heterocycles. The molecule has 0 amide bonds. The van der Waals surface area contributed by atoms with Crippen LogP contribution in [0.15, 0.2) is 36.2 Å². The molecule has 1 saturated heterocycles. The van der Waals surface area contributed by atoms with Gasteiger partial charge in [-0.15, -0.1) is 0 Å². The normalized spacial score (nSPS) is 22.2. The summed E-state index contributed by atoms with van der Waals surface area (Å²) in [6.07, 6.45) is 3.94. The lowest BCUT2D eigenvalue weighted by Crippen LogP contribution is -2.04. The van der Waals surface area contributed by atoms with E-state index in [4.69, 9.17) is 0 Å². The first-order chi connectivity index (χ1) is 6.29. The van der Waals surface area contributed by atoms with E-state index >= 15 is 0 Å². The van der Waals surface area contributed by atoms with E-state index < -0.39 is 0 Å². The lowest BCUT2D eigenvalue weighted by Gasteiger charge is -2.13. The molecule has 0 aliphatic carbocycles. The van der Waals surface area contributed by atoms with E-state index in [-0.39, 0.29) is 7.92 Å². The van der Waals surface area contributed by atoms with Crippen LogP contribution in [0, 0.1) is 3.57 Å². The Morgan fingerprint density at radius 2 is 2.08 bits per heavy atom. The fourth-order valence-electron chi connectivity index (χ4n) is 1.70. The van der Waals surface area contributed by atoms with Gasteiger partial charge in [-0.2, -0.15) is 0 Å². The topological polar surface area (TPSA) is 0 Å². The van der Waals surface area contributed by atoms with Gasteiger partial charge in [-0.1, -0.05) is 24.8 Å². The summed E-state index contributed by atoms with van der Waals surface area (Å²) in [5.41, 5.74) is 0. The monoisotopic (exact) mass is 302 g/mol. The fraction of sp³-hybridized carbons (Fsp3) is 0.273. The van der Waals surface area contributed by atoms with Gasteiger partial charge in [0.05, 0.1) is 0 Å². The standard InChI is InChI=1S/C11H12IP/c1-9-5-4-8-13(9)11-7-3-2-6-10(11)12/h2-3,6-7H,1,4-5,8H2. The first-order valence-corrected chi connectivity index (χ1v) is 7.09. The van der Waals surface area contributed by atoms with Crippen molar-refractivity contribution in [3.8, 4) is 0 Å². The van der Waals surface area contributed by atoms with Crippen LogP contribution < -0.4 is 5.30 Å². The van der Waals surface area contributed by atoms with Gasteiger partial charge >= 0.3 is 0 Å². The Kier molecular flexibility index (Phi) is 3.05. The first kappa shape index (κ1) is 9.67. The molecule has 1 aliphatic rings. The van der Waals surface area contributed by atoms with Crippen LogP contribution in [0.3, 0.4) is 0 Å². The summed E-state index contributed by atoms with van der Waals surface area (Å²) in [5.74, 6) is 0. The Bertz CT molecular complexity index is 333. The molecule has 0 bridgehead atoms. The number of rotatable bonds is 1. The van der Waals surface area contributed by atoms with E-state index in [1.54, 1.807) is 5.30 Å². The molecule has 0 nitrogen and oxygen atoms in total. The summed E-state index contributed by atoms with van der Waals surface area (Å²) in [5, 5.41) is 3.03. The average Bonchev–Trinajstić information content (AvgIpc) is 2.52. The van der Waals surface area contributed by atoms with E-state index in [2.05, 4.69) is 53.4 Å². The molecule has 1 aliphatic heterocycles. The second-order valence-corrected chi connectivity index (χ2v) is 6.85. The molecule has 2 rings (SSSR count). The Hall–Kier alpha value is 0.120. The lowest BCUT2D eigenvalue weighted by atomic mass is 10.3. The summed E-state index contributed by atoms with van der Waals surface area (Å²) < 4.78 is 1.41. The molecule has 1 unspecified atom stereocenters. The molecule has 0 saturated carbocycles. The fourth-order valence-corrected chi connectivity index (χ4v) is 5.36. The van der Waals surface area contributed by atoms with Gasteiger partial charge in [-0.25, -0.2) is 0 Å². The van der Waals surface area contributed by atoms with Crippen LogP contribution in [0.4, 0.5) is 0 Å². The maximum absolute atomic E-state index is 4.18. The van der Waals surface area contributed by atoms with Gasteiger partial charge in [-0.05, 0) is 66.2 Å². The minimum atomic E-state index is -0.0242. The van der Waals surface area contributed by atoms with Crippen molar-refractivity contribution in [3.63, 3.8) is 0 Å². The molecular weight excluding hydrogens is 290 g/mol. The largest absolute Gasteiger partial charge is 0.0950 e. The Morgan fingerprint density at radius 3 is 2.69 bits per heavy atom. The molecule has 68 valence electrons. The zero-order valence-corrected chi connectivity index (χ0v) is 10.5. The number of allylic oxidation sites excluding steroid dienone is 1. The predicted octanol–water partition coefficient (Wildman–Crippen LogP) is 3.71. The van der Waals surface area contributed by atoms with Crippen molar-refractivity contribution in [2.75, 3.05) is 6.16 Å². The van der Waals surface area contributed by atoms with Crippen molar-refractivity contribution < 1.29 is 0 Å². The third-order valence-corrected chi connectivity index (χ3v) is 6.46. The first-order valence-electron chi connectivity index (χ1n) is 4.49. The maximum Gasteiger partial charge on any atom is 0.0210 e. The molecule has 1 atom stereocenters. The number of halogens is 1. The van der Waals surface area contributed by atoms with E-state index in [0.29, 0.717) is 0 Å². The molecule has 0 N–H and O–H groups in total. The van der Waals surface area contributed by atoms with E-state index in [9.17, 15) is 0 Å².